The van der Waals surface area contributed by atoms with E-state index in [-0.39, 0.29) is 23.0 Å². The van der Waals surface area contributed by atoms with Crippen LogP contribution in [0.4, 0.5) is 5.69 Å². The number of nitrogens with zero attached hydrogens (tertiary/aromatic N) is 2. The zero-order valence-electron chi connectivity index (χ0n) is 15.9. The maximum Gasteiger partial charge on any atom is 0.275 e. The van der Waals surface area contributed by atoms with Crippen molar-refractivity contribution < 1.29 is 14.4 Å². The molecule has 4 rings (SSSR count). The third-order valence-corrected chi connectivity index (χ3v) is 4.72. The van der Waals surface area contributed by atoms with Crippen molar-refractivity contribution in [2.75, 3.05) is 5.32 Å². The molecule has 3 amide bonds. The summed E-state index contributed by atoms with van der Waals surface area (Å²) in [7, 11) is 0. The van der Waals surface area contributed by atoms with Crippen LogP contribution in [-0.2, 0) is 11.3 Å². The largest absolute Gasteiger partial charge is 0.364 e. The number of benzene rings is 2. The quantitative estimate of drug-likeness (QED) is 0.563. The Morgan fingerprint density at radius 3 is 2.50 bits per heavy atom. The number of hydrogen-bond donors (Lipinski definition) is 3. The Balaban J connectivity index is 1.55. The highest BCUT2D eigenvalue weighted by Gasteiger charge is 2.24. The average Bonchev–Trinajstić information content (AvgIpc) is 3.54. The summed E-state index contributed by atoms with van der Waals surface area (Å²) < 4.78 is 0.904. The summed E-state index contributed by atoms with van der Waals surface area (Å²) >= 11 is 0. The van der Waals surface area contributed by atoms with Crippen LogP contribution in [0.1, 0.15) is 33.7 Å². The molecule has 1 aliphatic rings. The predicted molar refractivity (Wildman–Crippen MR) is 110 cm³/mol. The molecule has 0 atom stereocenters. The number of nitrogens with one attached hydrogen (secondary N) is 2. The molecular formula is C21H19N5O4. The van der Waals surface area contributed by atoms with E-state index < -0.39 is 23.9 Å². The fourth-order valence-electron chi connectivity index (χ4n) is 3.10. The summed E-state index contributed by atoms with van der Waals surface area (Å²) in [6.45, 7) is -0.414. The Labute approximate surface area is 170 Å². The summed E-state index contributed by atoms with van der Waals surface area (Å²) in [5.41, 5.74) is 5.62. The topological polar surface area (TPSA) is 136 Å². The highest BCUT2D eigenvalue weighted by atomic mass is 16.2. The van der Waals surface area contributed by atoms with Gasteiger partial charge in [0.05, 0.1) is 5.39 Å². The van der Waals surface area contributed by atoms with Crippen LogP contribution in [0.5, 0.6) is 0 Å². The lowest BCUT2D eigenvalue weighted by Crippen LogP contribution is -2.32. The molecule has 9 nitrogen and oxygen atoms in total. The lowest BCUT2D eigenvalue weighted by molar-refractivity contribution is -0.117. The van der Waals surface area contributed by atoms with E-state index in [0.29, 0.717) is 16.6 Å². The SMILES string of the molecule is NC(=O)c1nn(CC(=O)Nc2cccc(C(=O)NC3CC3)c2)c(=O)c2ccccc12. The minimum absolute atomic E-state index is 0.0863. The van der Waals surface area contributed by atoms with E-state index in [9.17, 15) is 19.2 Å². The number of rotatable bonds is 6. The van der Waals surface area contributed by atoms with Gasteiger partial charge in [-0.05, 0) is 37.1 Å². The van der Waals surface area contributed by atoms with E-state index in [4.69, 9.17) is 5.73 Å². The van der Waals surface area contributed by atoms with E-state index in [2.05, 4.69) is 15.7 Å². The van der Waals surface area contributed by atoms with Gasteiger partial charge in [0, 0.05) is 22.7 Å². The maximum absolute atomic E-state index is 12.7. The van der Waals surface area contributed by atoms with Crippen LogP contribution in [0.3, 0.4) is 0 Å². The molecule has 0 unspecified atom stereocenters. The first kappa shape index (κ1) is 19.3. The van der Waals surface area contributed by atoms with Crippen molar-refractivity contribution in [1.82, 2.24) is 15.1 Å². The zero-order valence-corrected chi connectivity index (χ0v) is 15.9. The van der Waals surface area contributed by atoms with Crippen LogP contribution >= 0.6 is 0 Å². The molecular weight excluding hydrogens is 386 g/mol. The highest BCUT2D eigenvalue weighted by molar-refractivity contribution is 6.04. The van der Waals surface area contributed by atoms with Crippen LogP contribution in [0.2, 0.25) is 0 Å². The van der Waals surface area contributed by atoms with Crippen molar-refractivity contribution >= 4 is 34.2 Å². The first-order chi connectivity index (χ1) is 14.4. The fraction of sp³-hybridized carbons (Fsp3) is 0.190. The highest BCUT2D eigenvalue weighted by Crippen LogP contribution is 2.20. The van der Waals surface area contributed by atoms with Gasteiger partial charge in [0.15, 0.2) is 5.69 Å². The number of aromatic nitrogens is 2. The summed E-state index contributed by atoms with van der Waals surface area (Å²) in [5.74, 6) is -1.53. The molecule has 1 aromatic heterocycles. The van der Waals surface area contributed by atoms with E-state index >= 15 is 0 Å². The number of carbonyl (C=O) groups is 3. The van der Waals surface area contributed by atoms with Gasteiger partial charge in [0.1, 0.15) is 6.54 Å². The van der Waals surface area contributed by atoms with E-state index in [0.717, 1.165) is 17.5 Å². The number of carbonyl (C=O) groups excluding carboxylic acids is 3. The van der Waals surface area contributed by atoms with Crippen LogP contribution in [-0.4, -0.2) is 33.5 Å². The van der Waals surface area contributed by atoms with E-state index in [1.54, 1.807) is 48.5 Å². The normalized spacial score (nSPS) is 13.1. The molecule has 1 saturated carbocycles. The molecule has 0 aliphatic heterocycles. The van der Waals surface area contributed by atoms with Gasteiger partial charge in [-0.15, -0.1) is 0 Å². The second kappa shape index (κ2) is 7.78. The second-order valence-corrected chi connectivity index (χ2v) is 7.10. The lowest BCUT2D eigenvalue weighted by Gasteiger charge is -2.10. The molecule has 0 radical (unpaired) electrons. The Bertz CT molecular complexity index is 1230. The number of nitrogens with two attached hydrogens (primary N) is 1. The average molecular weight is 405 g/mol. The molecule has 2 aromatic carbocycles. The molecule has 1 aliphatic carbocycles. The van der Waals surface area contributed by atoms with E-state index in [1.165, 1.54) is 0 Å². The minimum Gasteiger partial charge on any atom is -0.364 e. The van der Waals surface area contributed by atoms with Gasteiger partial charge in [-0.3, -0.25) is 19.2 Å². The van der Waals surface area contributed by atoms with Crippen molar-refractivity contribution in [2.24, 2.45) is 5.73 Å². The van der Waals surface area contributed by atoms with Gasteiger partial charge in [-0.2, -0.15) is 5.10 Å². The summed E-state index contributed by atoms with van der Waals surface area (Å²) in [5, 5.41) is 10.1. The molecule has 1 fully saturated rings. The van der Waals surface area contributed by atoms with Crippen molar-refractivity contribution in [3.05, 3.63) is 70.1 Å². The van der Waals surface area contributed by atoms with Gasteiger partial charge >= 0.3 is 0 Å². The zero-order chi connectivity index (χ0) is 21.3. The summed E-state index contributed by atoms with van der Waals surface area (Å²) in [6.07, 6.45) is 1.95. The van der Waals surface area contributed by atoms with Crippen LogP contribution in [0, 0.1) is 0 Å². The second-order valence-electron chi connectivity index (χ2n) is 7.10. The minimum atomic E-state index is -0.797. The number of amides is 3. The fourth-order valence-corrected chi connectivity index (χ4v) is 3.10. The lowest BCUT2D eigenvalue weighted by atomic mass is 10.1. The third-order valence-electron chi connectivity index (χ3n) is 4.72. The van der Waals surface area contributed by atoms with Crippen molar-refractivity contribution in [3.8, 4) is 0 Å². The number of primary amides is 1. The van der Waals surface area contributed by atoms with Crippen LogP contribution < -0.4 is 21.9 Å². The smallest absolute Gasteiger partial charge is 0.275 e. The summed E-state index contributed by atoms with van der Waals surface area (Å²) in [4.78, 5) is 49.1. The van der Waals surface area contributed by atoms with Gasteiger partial charge in [-0.25, -0.2) is 4.68 Å². The number of hydrogen-bond acceptors (Lipinski definition) is 5. The molecule has 152 valence electrons. The number of fused-ring (bicyclic) bond motifs is 1. The monoisotopic (exact) mass is 405 g/mol. The van der Waals surface area contributed by atoms with Gasteiger partial charge < -0.3 is 16.4 Å². The number of anilines is 1. The molecule has 3 aromatic rings. The Morgan fingerprint density at radius 1 is 1.07 bits per heavy atom. The molecule has 1 heterocycles. The standard InChI is InChI=1S/C21H19N5O4/c22-19(28)18-15-6-1-2-7-16(15)21(30)26(25-18)11-17(27)23-14-5-3-4-12(10-14)20(29)24-13-8-9-13/h1-7,10,13H,8-9,11H2,(H2,22,28)(H,23,27)(H,24,29). The van der Waals surface area contributed by atoms with E-state index in [1.807, 2.05) is 0 Å². The van der Waals surface area contributed by atoms with Crippen molar-refractivity contribution in [1.29, 1.82) is 0 Å². The molecule has 0 spiro atoms. The van der Waals surface area contributed by atoms with Gasteiger partial charge in [0.2, 0.25) is 5.91 Å². The first-order valence-electron chi connectivity index (χ1n) is 9.43. The van der Waals surface area contributed by atoms with Crippen LogP contribution in [0.15, 0.2) is 53.3 Å². The molecule has 30 heavy (non-hydrogen) atoms. The third kappa shape index (κ3) is 4.04. The Kier molecular flexibility index (Phi) is 5.01. The first-order valence-corrected chi connectivity index (χ1v) is 9.43. The van der Waals surface area contributed by atoms with Gasteiger partial charge in [0.25, 0.3) is 17.4 Å². The molecule has 0 saturated heterocycles. The Morgan fingerprint density at radius 2 is 1.80 bits per heavy atom. The Hall–Kier alpha value is -4.01. The summed E-state index contributed by atoms with van der Waals surface area (Å²) in [6, 6.07) is 13.2. The van der Waals surface area contributed by atoms with Crippen molar-refractivity contribution in [2.45, 2.75) is 25.4 Å². The predicted octanol–water partition coefficient (Wildman–Crippen LogP) is 1.03. The molecule has 9 heteroatoms. The maximum atomic E-state index is 12.7. The van der Waals surface area contributed by atoms with Gasteiger partial charge in [-0.1, -0.05) is 24.3 Å². The molecule has 0 bridgehead atoms. The molecule has 4 N–H and O–H groups in total. The van der Waals surface area contributed by atoms with Crippen LogP contribution in [0.25, 0.3) is 10.8 Å². The van der Waals surface area contributed by atoms with Crippen molar-refractivity contribution in [3.63, 3.8) is 0 Å².